The molecule has 0 fully saturated rings. The van der Waals surface area contributed by atoms with Gasteiger partial charge in [-0.05, 0) is 35.9 Å². The minimum atomic E-state index is -1.33. The van der Waals surface area contributed by atoms with Gasteiger partial charge in [0.2, 0.25) is 0 Å². The van der Waals surface area contributed by atoms with Crippen LogP contribution in [-0.4, -0.2) is 11.1 Å². The Kier molecular flexibility index (Phi) is 4.47. The lowest BCUT2D eigenvalue weighted by Gasteiger charge is -2.09. The molecule has 0 bridgehead atoms. The zero-order chi connectivity index (χ0) is 14.7. The lowest BCUT2D eigenvalue weighted by Crippen LogP contribution is -2.03. The second kappa shape index (κ2) is 6.11. The van der Waals surface area contributed by atoms with Crippen LogP contribution >= 0.6 is 23.2 Å². The summed E-state index contributed by atoms with van der Waals surface area (Å²) in [6.07, 6.45) is 0. The van der Waals surface area contributed by atoms with Gasteiger partial charge in [0.1, 0.15) is 18.2 Å². The maximum absolute atomic E-state index is 13.2. The van der Waals surface area contributed by atoms with E-state index in [1.54, 1.807) is 12.1 Å². The van der Waals surface area contributed by atoms with E-state index in [2.05, 4.69) is 0 Å². The summed E-state index contributed by atoms with van der Waals surface area (Å²) >= 11 is 11.7. The van der Waals surface area contributed by atoms with Crippen molar-refractivity contribution in [2.75, 3.05) is 0 Å². The topological polar surface area (TPSA) is 46.5 Å². The van der Waals surface area contributed by atoms with Crippen LogP contribution in [-0.2, 0) is 6.61 Å². The molecule has 2 rings (SSSR count). The van der Waals surface area contributed by atoms with Gasteiger partial charge in [-0.2, -0.15) is 0 Å². The molecule has 0 radical (unpaired) electrons. The lowest BCUT2D eigenvalue weighted by atomic mass is 10.1. The first-order valence-electron chi connectivity index (χ1n) is 5.57. The van der Waals surface area contributed by atoms with Crippen molar-refractivity contribution in [2.24, 2.45) is 0 Å². The van der Waals surface area contributed by atoms with Crippen molar-refractivity contribution >= 4 is 29.2 Å². The Balaban J connectivity index is 2.15. The van der Waals surface area contributed by atoms with Gasteiger partial charge in [-0.1, -0.05) is 29.3 Å². The molecule has 0 aliphatic heterocycles. The number of carboxylic acids is 1. The molecule has 0 amide bonds. The van der Waals surface area contributed by atoms with Crippen LogP contribution in [0.1, 0.15) is 15.9 Å². The maximum Gasteiger partial charge on any atom is 0.338 e. The second-order valence-electron chi connectivity index (χ2n) is 3.98. The average Bonchev–Trinajstić information content (AvgIpc) is 2.39. The van der Waals surface area contributed by atoms with Crippen molar-refractivity contribution in [3.8, 4) is 5.75 Å². The number of carboxylic acid groups (broad SMARTS) is 1. The van der Waals surface area contributed by atoms with Crippen LogP contribution in [0.5, 0.6) is 5.75 Å². The Hall–Kier alpha value is -1.78. The molecule has 0 unspecified atom stereocenters. The molecular weight excluding hydrogens is 306 g/mol. The Labute approximate surface area is 124 Å². The summed E-state index contributed by atoms with van der Waals surface area (Å²) in [5.74, 6) is -1.70. The van der Waals surface area contributed by atoms with Crippen molar-refractivity contribution < 1.29 is 19.0 Å². The fraction of sp³-hybridized carbons (Fsp3) is 0.0714. The summed E-state index contributed by atoms with van der Waals surface area (Å²) in [4.78, 5) is 10.8. The lowest BCUT2D eigenvalue weighted by molar-refractivity contribution is 0.0691. The van der Waals surface area contributed by atoms with Crippen molar-refractivity contribution in [3.05, 3.63) is 63.4 Å². The molecule has 2 aromatic carbocycles. The molecule has 6 heteroatoms. The van der Waals surface area contributed by atoms with Crippen LogP contribution in [0.3, 0.4) is 0 Å². The minimum Gasteiger partial charge on any atom is -0.487 e. The summed E-state index contributed by atoms with van der Waals surface area (Å²) < 4.78 is 18.7. The van der Waals surface area contributed by atoms with E-state index in [1.165, 1.54) is 18.2 Å². The fourth-order valence-electron chi connectivity index (χ4n) is 1.58. The van der Waals surface area contributed by atoms with Gasteiger partial charge in [-0.15, -0.1) is 0 Å². The molecule has 2 aromatic rings. The predicted octanol–water partition coefficient (Wildman–Crippen LogP) is 4.41. The van der Waals surface area contributed by atoms with Gasteiger partial charge in [-0.3, -0.25) is 0 Å². The largest absolute Gasteiger partial charge is 0.487 e. The predicted molar refractivity (Wildman–Crippen MR) is 74.2 cm³/mol. The molecule has 104 valence electrons. The standard InChI is InChI=1S/C14H9Cl2FO3/c15-9-2-4-13(11(16)6-9)20-7-8-1-3-12(17)10(5-8)14(18)19/h1-6H,7H2,(H,18,19). The van der Waals surface area contributed by atoms with Crippen LogP contribution in [0.15, 0.2) is 36.4 Å². The van der Waals surface area contributed by atoms with Crippen LogP contribution < -0.4 is 4.74 Å². The quantitative estimate of drug-likeness (QED) is 0.909. The molecule has 0 spiro atoms. The molecule has 0 saturated carbocycles. The van der Waals surface area contributed by atoms with Gasteiger partial charge in [0.15, 0.2) is 0 Å². The number of rotatable bonds is 4. The van der Waals surface area contributed by atoms with E-state index in [0.717, 1.165) is 6.07 Å². The van der Waals surface area contributed by atoms with E-state index in [9.17, 15) is 9.18 Å². The molecule has 0 heterocycles. The third-order valence-corrected chi connectivity index (χ3v) is 3.08. The molecule has 1 N–H and O–H groups in total. The van der Waals surface area contributed by atoms with Crippen molar-refractivity contribution in [1.82, 2.24) is 0 Å². The van der Waals surface area contributed by atoms with Crippen LogP contribution in [0, 0.1) is 5.82 Å². The van der Waals surface area contributed by atoms with Crippen molar-refractivity contribution in [2.45, 2.75) is 6.61 Å². The Bertz CT molecular complexity index is 659. The van der Waals surface area contributed by atoms with E-state index < -0.39 is 17.3 Å². The highest BCUT2D eigenvalue weighted by Crippen LogP contribution is 2.28. The number of hydrogen-bond acceptors (Lipinski definition) is 2. The average molecular weight is 315 g/mol. The SMILES string of the molecule is O=C(O)c1cc(COc2ccc(Cl)cc2Cl)ccc1F. The van der Waals surface area contributed by atoms with Gasteiger partial charge in [0, 0.05) is 5.02 Å². The number of benzene rings is 2. The number of hydrogen-bond donors (Lipinski definition) is 1. The summed E-state index contributed by atoms with van der Waals surface area (Å²) in [5.41, 5.74) is 0.128. The first-order chi connectivity index (χ1) is 9.47. The highest BCUT2D eigenvalue weighted by Gasteiger charge is 2.11. The van der Waals surface area contributed by atoms with Crippen LogP contribution in [0.2, 0.25) is 10.0 Å². The molecular formula is C14H9Cl2FO3. The number of ether oxygens (including phenoxy) is 1. The molecule has 3 nitrogen and oxygen atoms in total. The number of carbonyl (C=O) groups is 1. The van der Waals surface area contributed by atoms with Gasteiger partial charge in [0.05, 0.1) is 10.6 Å². The van der Waals surface area contributed by atoms with Crippen LogP contribution in [0.4, 0.5) is 4.39 Å². The van der Waals surface area contributed by atoms with Crippen molar-refractivity contribution in [3.63, 3.8) is 0 Å². The first-order valence-corrected chi connectivity index (χ1v) is 6.32. The summed E-state index contributed by atoms with van der Waals surface area (Å²) in [7, 11) is 0. The highest BCUT2D eigenvalue weighted by atomic mass is 35.5. The molecule has 0 saturated heterocycles. The molecule has 0 aliphatic carbocycles. The van der Waals surface area contributed by atoms with E-state index in [4.69, 9.17) is 33.0 Å². The van der Waals surface area contributed by atoms with Gasteiger partial charge in [-0.25, -0.2) is 9.18 Å². The van der Waals surface area contributed by atoms with E-state index >= 15 is 0 Å². The summed E-state index contributed by atoms with van der Waals surface area (Å²) in [6.45, 7) is 0.0713. The summed E-state index contributed by atoms with van der Waals surface area (Å²) in [5, 5.41) is 9.66. The minimum absolute atomic E-state index is 0.0713. The Morgan fingerprint density at radius 3 is 2.60 bits per heavy atom. The van der Waals surface area contributed by atoms with E-state index in [1.807, 2.05) is 0 Å². The van der Waals surface area contributed by atoms with Gasteiger partial charge >= 0.3 is 5.97 Å². The fourth-order valence-corrected chi connectivity index (χ4v) is 2.04. The highest BCUT2D eigenvalue weighted by molar-refractivity contribution is 6.35. The first kappa shape index (κ1) is 14.6. The van der Waals surface area contributed by atoms with Gasteiger partial charge < -0.3 is 9.84 Å². The van der Waals surface area contributed by atoms with E-state index in [0.29, 0.717) is 21.4 Å². The van der Waals surface area contributed by atoms with Gasteiger partial charge in [0.25, 0.3) is 0 Å². The maximum atomic E-state index is 13.2. The third-order valence-electron chi connectivity index (χ3n) is 2.55. The number of halogens is 3. The zero-order valence-corrected chi connectivity index (χ0v) is 11.6. The zero-order valence-electron chi connectivity index (χ0n) is 10.1. The molecule has 20 heavy (non-hydrogen) atoms. The Morgan fingerprint density at radius 1 is 1.20 bits per heavy atom. The Morgan fingerprint density at radius 2 is 1.95 bits per heavy atom. The third kappa shape index (κ3) is 3.40. The van der Waals surface area contributed by atoms with Crippen LogP contribution in [0.25, 0.3) is 0 Å². The second-order valence-corrected chi connectivity index (χ2v) is 4.83. The molecule has 0 aliphatic rings. The van der Waals surface area contributed by atoms with Crippen molar-refractivity contribution in [1.29, 1.82) is 0 Å². The monoisotopic (exact) mass is 314 g/mol. The normalized spacial score (nSPS) is 10.3. The molecule has 0 aromatic heterocycles. The number of aromatic carboxylic acids is 1. The van der Waals surface area contributed by atoms with E-state index in [-0.39, 0.29) is 6.61 Å². The summed E-state index contributed by atoms with van der Waals surface area (Å²) in [6, 6.07) is 8.52. The molecule has 0 atom stereocenters. The smallest absolute Gasteiger partial charge is 0.338 e.